The van der Waals surface area contributed by atoms with Crippen LogP contribution in [-0.2, 0) is 9.47 Å². The molecule has 0 saturated carbocycles. The zero-order chi connectivity index (χ0) is 22.1. The second-order valence-electron chi connectivity index (χ2n) is 7.87. The van der Waals surface area contributed by atoms with Gasteiger partial charge in [0.05, 0.1) is 12.6 Å². The van der Waals surface area contributed by atoms with E-state index in [0.717, 1.165) is 49.2 Å². The van der Waals surface area contributed by atoms with Crippen molar-refractivity contribution in [1.82, 2.24) is 0 Å². The number of ether oxygens (including phenoxy) is 2. The molecule has 4 nitrogen and oxygen atoms in total. The number of aliphatic imine (C=N–C) groups is 1. The normalized spacial score (nSPS) is 18.6. The molecule has 2 atom stereocenters. The van der Waals surface area contributed by atoms with Crippen LogP contribution in [0.5, 0.6) is 0 Å². The van der Waals surface area contributed by atoms with Gasteiger partial charge >= 0.3 is 0 Å². The molecular weight excluding hydrogens is 391 g/mol. The van der Waals surface area contributed by atoms with Crippen molar-refractivity contribution in [3.8, 4) is 0 Å². The molecule has 0 fully saturated rings. The molecule has 1 aromatic carbocycles. The lowest BCUT2D eigenvalue weighted by Gasteiger charge is -2.27. The number of hydrogen-bond donors (Lipinski definition) is 0. The maximum absolute atomic E-state index is 13.7. The molecule has 1 unspecified atom stereocenters. The number of unbranched alkanes of at least 4 members (excludes halogenated alkanes) is 1. The highest BCUT2D eigenvalue weighted by molar-refractivity contribution is 6.12. The Morgan fingerprint density at radius 3 is 2.61 bits per heavy atom. The topological polar surface area (TPSA) is 34.1 Å². The molecule has 1 aliphatic heterocycles. The molecular formula is C26H35FN2O2. The fourth-order valence-corrected chi connectivity index (χ4v) is 3.82. The van der Waals surface area contributed by atoms with Gasteiger partial charge in [-0.2, -0.15) is 0 Å². The Bertz CT molecular complexity index is 822. The van der Waals surface area contributed by atoms with E-state index in [1.807, 2.05) is 12.2 Å². The predicted octanol–water partition coefficient (Wildman–Crippen LogP) is 5.65. The first-order valence-electron chi connectivity index (χ1n) is 11.5. The van der Waals surface area contributed by atoms with Crippen LogP contribution in [-0.4, -0.2) is 50.8 Å². The Labute approximate surface area is 186 Å². The maximum atomic E-state index is 13.7. The van der Waals surface area contributed by atoms with Crippen molar-refractivity contribution >= 4 is 11.4 Å². The second kappa shape index (κ2) is 11.8. The first kappa shape index (κ1) is 23.3. The summed E-state index contributed by atoms with van der Waals surface area (Å²) >= 11 is 0. The average Bonchev–Trinajstić information content (AvgIpc) is 2.82. The lowest BCUT2D eigenvalue weighted by molar-refractivity contribution is 0.00818. The van der Waals surface area contributed by atoms with Crippen LogP contribution in [0.25, 0.3) is 0 Å². The van der Waals surface area contributed by atoms with Crippen LogP contribution in [0.1, 0.15) is 45.6 Å². The number of rotatable bonds is 12. The lowest BCUT2D eigenvalue weighted by atomic mass is 9.93. The zero-order valence-corrected chi connectivity index (χ0v) is 19.0. The summed E-state index contributed by atoms with van der Waals surface area (Å²) in [5.74, 6) is 0.620. The number of dihydropyridines is 1. The van der Waals surface area contributed by atoms with E-state index in [2.05, 4.69) is 62.1 Å². The first-order valence-corrected chi connectivity index (χ1v) is 11.5. The van der Waals surface area contributed by atoms with E-state index in [1.54, 1.807) is 0 Å². The fraction of sp³-hybridized carbons (Fsp3) is 0.500. The van der Waals surface area contributed by atoms with Gasteiger partial charge in [0.15, 0.2) is 6.10 Å². The van der Waals surface area contributed by atoms with Crippen molar-refractivity contribution in [1.29, 1.82) is 0 Å². The number of alkyl halides is 1. The van der Waals surface area contributed by atoms with Crippen LogP contribution in [0.2, 0.25) is 0 Å². The Hall–Kier alpha value is -2.40. The third-order valence-electron chi connectivity index (χ3n) is 5.67. The quantitative estimate of drug-likeness (QED) is 0.405. The summed E-state index contributed by atoms with van der Waals surface area (Å²) in [5.41, 5.74) is 4.06. The molecule has 1 heterocycles. The van der Waals surface area contributed by atoms with Crippen molar-refractivity contribution in [2.75, 3.05) is 37.9 Å². The second-order valence-corrected chi connectivity index (χ2v) is 7.87. The van der Waals surface area contributed by atoms with Crippen molar-refractivity contribution in [3.63, 3.8) is 0 Å². The van der Waals surface area contributed by atoms with Gasteiger partial charge in [-0.25, -0.2) is 4.39 Å². The Kier molecular flexibility index (Phi) is 8.89. The smallest absolute Gasteiger partial charge is 0.150 e. The van der Waals surface area contributed by atoms with Crippen LogP contribution >= 0.6 is 0 Å². The SMILES string of the molecule is CCCCOCC(CF)OC1=CC2=CC=CC[C@@H]2N=C1c1ccc(N(CC)CC)cc1. The Morgan fingerprint density at radius 1 is 1.16 bits per heavy atom. The van der Waals surface area contributed by atoms with E-state index in [-0.39, 0.29) is 12.6 Å². The molecule has 3 rings (SSSR count). The summed E-state index contributed by atoms with van der Waals surface area (Å²) < 4.78 is 25.4. The molecule has 0 amide bonds. The molecule has 0 bridgehead atoms. The van der Waals surface area contributed by atoms with Gasteiger partial charge in [-0.15, -0.1) is 0 Å². The van der Waals surface area contributed by atoms with Gasteiger partial charge in [-0.05, 0) is 50.5 Å². The van der Waals surface area contributed by atoms with Gasteiger partial charge in [-0.1, -0.05) is 43.7 Å². The molecule has 168 valence electrons. The van der Waals surface area contributed by atoms with Crippen LogP contribution in [0.15, 0.2) is 64.9 Å². The largest absolute Gasteiger partial charge is 0.483 e. The number of fused-ring (bicyclic) bond motifs is 1. The van der Waals surface area contributed by atoms with Gasteiger partial charge in [0.2, 0.25) is 0 Å². The number of nitrogens with zero attached hydrogens (tertiary/aromatic N) is 2. The number of halogens is 1. The predicted molar refractivity (Wildman–Crippen MR) is 127 cm³/mol. The summed E-state index contributed by atoms with van der Waals surface area (Å²) in [6.07, 6.45) is 10.5. The minimum atomic E-state index is -0.639. The number of hydrogen-bond acceptors (Lipinski definition) is 4. The van der Waals surface area contributed by atoms with Crippen molar-refractivity contribution in [2.24, 2.45) is 4.99 Å². The number of anilines is 1. The van der Waals surface area contributed by atoms with Crippen LogP contribution in [0.4, 0.5) is 10.1 Å². The molecule has 0 N–H and O–H groups in total. The lowest BCUT2D eigenvalue weighted by Crippen LogP contribution is -2.28. The van der Waals surface area contributed by atoms with Crippen molar-refractivity contribution in [3.05, 3.63) is 65.5 Å². The highest BCUT2D eigenvalue weighted by atomic mass is 19.1. The van der Waals surface area contributed by atoms with E-state index in [4.69, 9.17) is 14.5 Å². The molecule has 5 heteroatoms. The molecule has 2 aliphatic rings. The van der Waals surface area contributed by atoms with Gasteiger partial charge in [0.1, 0.15) is 18.1 Å². The minimum absolute atomic E-state index is 0.0828. The zero-order valence-electron chi connectivity index (χ0n) is 19.0. The summed E-state index contributed by atoms with van der Waals surface area (Å²) in [7, 11) is 0. The fourth-order valence-electron chi connectivity index (χ4n) is 3.82. The molecule has 0 radical (unpaired) electrons. The van der Waals surface area contributed by atoms with Crippen LogP contribution < -0.4 is 4.90 Å². The average molecular weight is 427 g/mol. The van der Waals surface area contributed by atoms with E-state index in [0.29, 0.717) is 12.4 Å². The summed E-state index contributed by atoms with van der Waals surface area (Å²) in [6, 6.07) is 8.49. The van der Waals surface area contributed by atoms with Gasteiger partial charge in [0.25, 0.3) is 0 Å². The van der Waals surface area contributed by atoms with Crippen LogP contribution in [0, 0.1) is 0 Å². The van der Waals surface area contributed by atoms with E-state index in [1.165, 1.54) is 5.69 Å². The van der Waals surface area contributed by atoms with Crippen molar-refractivity contribution in [2.45, 2.75) is 52.2 Å². The van der Waals surface area contributed by atoms with Gasteiger partial charge in [-0.3, -0.25) is 4.99 Å². The van der Waals surface area contributed by atoms with E-state index in [9.17, 15) is 4.39 Å². The minimum Gasteiger partial charge on any atom is -0.483 e. The molecule has 0 spiro atoms. The van der Waals surface area contributed by atoms with Gasteiger partial charge in [0, 0.05) is 30.9 Å². The summed E-state index contributed by atoms with van der Waals surface area (Å²) in [5, 5.41) is 0. The third-order valence-corrected chi connectivity index (χ3v) is 5.67. The number of allylic oxidation sites excluding steroid dienone is 3. The molecule has 0 saturated heterocycles. The summed E-state index contributed by atoms with van der Waals surface area (Å²) in [4.78, 5) is 7.30. The standard InChI is InChI=1S/C26H35FN2O2/c1-4-7-16-30-19-23(18-27)31-25-17-21-10-8-9-11-24(21)28-26(25)20-12-14-22(15-13-20)29(5-2)6-3/h8-10,12-15,17,23-24H,4-7,11,16,18-19H2,1-3H3/t23?,24-/m0/s1. The molecule has 1 aromatic rings. The maximum Gasteiger partial charge on any atom is 0.150 e. The summed E-state index contributed by atoms with van der Waals surface area (Å²) in [6.45, 7) is 8.61. The third kappa shape index (κ3) is 6.07. The van der Waals surface area contributed by atoms with Crippen molar-refractivity contribution < 1.29 is 13.9 Å². The highest BCUT2D eigenvalue weighted by Crippen LogP contribution is 2.29. The molecule has 0 aromatic heterocycles. The Morgan fingerprint density at radius 2 is 1.94 bits per heavy atom. The van der Waals surface area contributed by atoms with Gasteiger partial charge < -0.3 is 14.4 Å². The highest BCUT2D eigenvalue weighted by Gasteiger charge is 2.26. The van der Waals surface area contributed by atoms with E-state index < -0.39 is 12.8 Å². The molecule has 1 aliphatic carbocycles. The first-order chi connectivity index (χ1) is 15.2. The van der Waals surface area contributed by atoms with E-state index >= 15 is 0 Å². The molecule has 31 heavy (non-hydrogen) atoms. The number of benzene rings is 1. The monoisotopic (exact) mass is 426 g/mol. The Balaban J connectivity index is 1.82. The van der Waals surface area contributed by atoms with Crippen LogP contribution in [0.3, 0.4) is 0 Å².